The van der Waals surface area contributed by atoms with Crippen molar-refractivity contribution in [3.63, 3.8) is 0 Å². The van der Waals surface area contributed by atoms with Gasteiger partial charge in [-0.1, -0.05) is 115 Å². The van der Waals surface area contributed by atoms with Gasteiger partial charge in [0.2, 0.25) is 0 Å². The van der Waals surface area contributed by atoms with Crippen LogP contribution in [-0.2, 0) is 0 Å². The lowest BCUT2D eigenvalue weighted by Crippen LogP contribution is -1.95. The van der Waals surface area contributed by atoms with Crippen molar-refractivity contribution in [1.82, 2.24) is 9.13 Å². The van der Waals surface area contributed by atoms with Crippen LogP contribution in [0, 0.1) is 13.8 Å². The standard InChI is InChI=1S/C48H34N2/c1-31-25-32(2)27-40(26-31)50-46-14-8-6-12-42(46)44-29-37(21-24-47(44)50)34-15-17-35(18-16-34)38-20-23-43-41-11-5-7-13-45(41)49(48(43)30-38)39-22-19-33-9-3-4-10-36(33)28-39/h3-30H,1-2H3. The van der Waals surface area contributed by atoms with Crippen LogP contribution in [0.2, 0.25) is 0 Å². The summed E-state index contributed by atoms with van der Waals surface area (Å²) in [5.41, 5.74) is 14.7. The van der Waals surface area contributed by atoms with E-state index in [9.17, 15) is 0 Å². The van der Waals surface area contributed by atoms with E-state index in [4.69, 9.17) is 0 Å². The Labute approximate surface area is 291 Å². The number of hydrogen-bond donors (Lipinski definition) is 0. The molecule has 0 amide bonds. The van der Waals surface area contributed by atoms with E-state index in [1.54, 1.807) is 0 Å². The summed E-state index contributed by atoms with van der Waals surface area (Å²) in [4.78, 5) is 0. The largest absolute Gasteiger partial charge is 0.309 e. The van der Waals surface area contributed by atoms with Crippen molar-refractivity contribution in [2.24, 2.45) is 0 Å². The lowest BCUT2D eigenvalue weighted by molar-refractivity contribution is 1.16. The molecule has 0 fully saturated rings. The summed E-state index contributed by atoms with van der Waals surface area (Å²) in [6, 6.07) is 62.6. The molecule has 0 bridgehead atoms. The first kappa shape index (κ1) is 28.6. The molecule has 0 aliphatic rings. The van der Waals surface area contributed by atoms with Gasteiger partial charge >= 0.3 is 0 Å². The molecule has 236 valence electrons. The maximum absolute atomic E-state index is 2.42. The molecule has 0 saturated carbocycles. The Hall–Kier alpha value is -6.38. The third-order valence-electron chi connectivity index (χ3n) is 10.4. The number of fused-ring (bicyclic) bond motifs is 7. The Kier molecular flexibility index (Phi) is 6.34. The minimum atomic E-state index is 1.18. The number of nitrogens with zero attached hydrogens (tertiary/aromatic N) is 2. The van der Waals surface area contributed by atoms with Gasteiger partial charge < -0.3 is 9.13 Å². The molecular formula is C48H34N2. The smallest absolute Gasteiger partial charge is 0.0547 e. The zero-order valence-corrected chi connectivity index (χ0v) is 28.1. The zero-order valence-electron chi connectivity index (χ0n) is 28.1. The predicted octanol–water partition coefficient (Wildman–Crippen LogP) is 13.0. The highest BCUT2D eigenvalue weighted by Crippen LogP contribution is 2.38. The lowest BCUT2D eigenvalue weighted by atomic mass is 9.98. The van der Waals surface area contributed by atoms with Gasteiger partial charge in [-0.15, -0.1) is 0 Å². The van der Waals surface area contributed by atoms with Crippen molar-refractivity contribution < 1.29 is 0 Å². The fourth-order valence-corrected chi connectivity index (χ4v) is 8.11. The van der Waals surface area contributed by atoms with Gasteiger partial charge in [0.05, 0.1) is 22.1 Å². The Morgan fingerprint density at radius 2 is 0.820 bits per heavy atom. The molecule has 0 unspecified atom stereocenters. The summed E-state index contributed by atoms with van der Waals surface area (Å²) in [6.07, 6.45) is 0. The van der Waals surface area contributed by atoms with Crippen LogP contribution in [0.15, 0.2) is 170 Å². The Morgan fingerprint density at radius 3 is 1.54 bits per heavy atom. The maximum Gasteiger partial charge on any atom is 0.0547 e. The average Bonchev–Trinajstić information content (AvgIpc) is 3.66. The molecule has 8 aromatic carbocycles. The van der Waals surface area contributed by atoms with Crippen LogP contribution in [0.25, 0.3) is 88.0 Å². The topological polar surface area (TPSA) is 9.86 Å². The summed E-state index contributed by atoms with van der Waals surface area (Å²) in [6.45, 7) is 4.35. The van der Waals surface area contributed by atoms with Crippen LogP contribution in [0.5, 0.6) is 0 Å². The minimum absolute atomic E-state index is 1.18. The highest BCUT2D eigenvalue weighted by molar-refractivity contribution is 6.11. The van der Waals surface area contributed by atoms with Crippen LogP contribution >= 0.6 is 0 Å². The lowest BCUT2D eigenvalue weighted by Gasteiger charge is -2.11. The fourth-order valence-electron chi connectivity index (χ4n) is 8.11. The molecular weight excluding hydrogens is 605 g/mol. The molecule has 0 aliphatic carbocycles. The molecule has 50 heavy (non-hydrogen) atoms. The van der Waals surface area contributed by atoms with Gasteiger partial charge in [-0.05, 0) is 113 Å². The first-order chi connectivity index (χ1) is 24.6. The van der Waals surface area contributed by atoms with Crippen LogP contribution in [0.1, 0.15) is 11.1 Å². The third kappa shape index (κ3) is 4.49. The fraction of sp³-hybridized carbons (Fsp3) is 0.0417. The number of aromatic nitrogens is 2. The highest BCUT2D eigenvalue weighted by Gasteiger charge is 2.16. The second kappa shape index (κ2) is 11.1. The van der Waals surface area contributed by atoms with Gasteiger partial charge in [0.15, 0.2) is 0 Å². The Morgan fingerprint density at radius 1 is 0.300 bits per heavy atom. The third-order valence-corrected chi connectivity index (χ3v) is 10.4. The van der Waals surface area contributed by atoms with Crippen molar-refractivity contribution >= 4 is 54.4 Å². The molecule has 2 nitrogen and oxygen atoms in total. The molecule has 0 spiro atoms. The molecule has 2 heteroatoms. The average molecular weight is 639 g/mol. The van der Waals surface area contributed by atoms with E-state index in [2.05, 4.69) is 193 Å². The van der Waals surface area contributed by atoms with Crippen molar-refractivity contribution in [2.75, 3.05) is 0 Å². The van der Waals surface area contributed by atoms with Crippen LogP contribution in [0.4, 0.5) is 0 Å². The van der Waals surface area contributed by atoms with Gasteiger partial charge in [0.25, 0.3) is 0 Å². The van der Waals surface area contributed by atoms with Gasteiger partial charge in [-0.25, -0.2) is 0 Å². The predicted molar refractivity (Wildman–Crippen MR) is 213 cm³/mol. The van der Waals surface area contributed by atoms with Crippen LogP contribution < -0.4 is 0 Å². The molecule has 10 rings (SSSR count). The number of benzene rings is 8. The first-order valence-corrected chi connectivity index (χ1v) is 17.3. The molecule has 0 atom stereocenters. The molecule has 0 radical (unpaired) electrons. The molecule has 0 aliphatic heterocycles. The van der Waals surface area contributed by atoms with E-state index in [0.29, 0.717) is 0 Å². The molecule has 0 saturated heterocycles. The van der Waals surface area contributed by atoms with E-state index in [1.165, 1.54) is 99.1 Å². The molecule has 2 aromatic heterocycles. The van der Waals surface area contributed by atoms with Crippen molar-refractivity contribution in [3.8, 4) is 33.6 Å². The monoisotopic (exact) mass is 638 g/mol. The van der Waals surface area contributed by atoms with E-state index in [1.807, 2.05) is 0 Å². The summed E-state index contributed by atoms with van der Waals surface area (Å²) < 4.78 is 4.82. The van der Waals surface area contributed by atoms with Crippen LogP contribution in [0.3, 0.4) is 0 Å². The quantitative estimate of drug-likeness (QED) is 0.182. The number of hydrogen-bond acceptors (Lipinski definition) is 0. The van der Waals surface area contributed by atoms with E-state index < -0.39 is 0 Å². The highest BCUT2D eigenvalue weighted by atomic mass is 15.0. The van der Waals surface area contributed by atoms with Crippen molar-refractivity contribution in [3.05, 3.63) is 181 Å². The molecule has 0 N–H and O–H groups in total. The normalized spacial score (nSPS) is 11.8. The molecule has 10 aromatic rings. The summed E-state index contributed by atoms with van der Waals surface area (Å²) in [7, 11) is 0. The minimum Gasteiger partial charge on any atom is -0.309 e. The van der Waals surface area contributed by atoms with Crippen molar-refractivity contribution in [2.45, 2.75) is 13.8 Å². The SMILES string of the molecule is Cc1cc(C)cc(-n2c3ccccc3c3cc(-c4ccc(-c5ccc6c7ccccc7n(-c7ccc8ccccc8c7)c6c5)cc4)ccc32)c1. The number of aryl methyl sites for hydroxylation is 2. The van der Waals surface area contributed by atoms with Gasteiger partial charge in [-0.2, -0.15) is 0 Å². The van der Waals surface area contributed by atoms with Gasteiger partial charge in [-0.3, -0.25) is 0 Å². The number of rotatable bonds is 4. The van der Waals surface area contributed by atoms with Crippen molar-refractivity contribution in [1.29, 1.82) is 0 Å². The van der Waals surface area contributed by atoms with Gasteiger partial charge in [0, 0.05) is 32.9 Å². The summed E-state index contributed by atoms with van der Waals surface area (Å²) in [5, 5.41) is 7.58. The summed E-state index contributed by atoms with van der Waals surface area (Å²) >= 11 is 0. The maximum atomic E-state index is 2.42. The second-order valence-corrected chi connectivity index (χ2v) is 13.6. The second-order valence-electron chi connectivity index (χ2n) is 13.6. The first-order valence-electron chi connectivity index (χ1n) is 17.3. The van der Waals surface area contributed by atoms with Crippen LogP contribution in [-0.4, -0.2) is 9.13 Å². The van der Waals surface area contributed by atoms with E-state index in [0.717, 1.165) is 0 Å². The number of para-hydroxylation sites is 2. The zero-order chi connectivity index (χ0) is 33.3. The Balaban J connectivity index is 1.07. The summed E-state index contributed by atoms with van der Waals surface area (Å²) in [5.74, 6) is 0. The molecule has 2 heterocycles. The van der Waals surface area contributed by atoms with E-state index >= 15 is 0 Å². The van der Waals surface area contributed by atoms with E-state index in [-0.39, 0.29) is 0 Å². The Bertz CT molecular complexity index is 2920. The van der Waals surface area contributed by atoms with Gasteiger partial charge in [0.1, 0.15) is 0 Å².